The molecule has 0 saturated carbocycles. The lowest BCUT2D eigenvalue weighted by Gasteiger charge is -2.11. The molecule has 3 aromatic rings. The highest BCUT2D eigenvalue weighted by Gasteiger charge is 2.10. The van der Waals surface area contributed by atoms with Gasteiger partial charge >= 0.3 is 0 Å². The number of nitro groups is 1. The van der Waals surface area contributed by atoms with E-state index in [-0.39, 0.29) is 23.6 Å². The lowest BCUT2D eigenvalue weighted by Crippen LogP contribution is -2.20. The van der Waals surface area contributed by atoms with Crippen LogP contribution in [-0.4, -0.2) is 15.4 Å². The summed E-state index contributed by atoms with van der Waals surface area (Å²) < 4.78 is 1.59. The first-order chi connectivity index (χ1) is 11.9. The van der Waals surface area contributed by atoms with Gasteiger partial charge in [-0.3, -0.25) is 19.7 Å². The number of hydrogen-bond acceptors (Lipinski definition) is 4. The van der Waals surface area contributed by atoms with Crippen molar-refractivity contribution >= 4 is 39.8 Å². The van der Waals surface area contributed by atoms with Crippen LogP contribution in [0.3, 0.4) is 0 Å². The summed E-state index contributed by atoms with van der Waals surface area (Å²) in [5.41, 5.74) is 0.581. The molecule has 126 valence electrons. The molecule has 0 aliphatic rings. The minimum atomic E-state index is -0.535. The van der Waals surface area contributed by atoms with Crippen LogP contribution in [0.5, 0.6) is 0 Å². The molecule has 2 aromatic carbocycles. The van der Waals surface area contributed by atoms with Crippen LogP contribution in [0, 0.1) is 10.1 Å². The number of carbonyl (C=O) groups is 1. The van der Waals surface area contributed by atoms with Gasteiger partial charge in [-0.05, 0) is 24.3 Å². The number of pyridine rings is 1. The molecule has 1 heterocycles. The smallest absolute Gasteiger partial charge is 0.271 e. The molecule has 3 rings (SSSR count). The molecule has 0 aliphatic carbocycles. The summed E-state index contributed by atoms with van der Waals surface area (Å²) in [6.07, 6.45) is 1.51. The van der Waals surface area contributed by atoms with Crippen molar-refractivity contribution in [1.82, 2.24) is 4.57 Å². The van der Waals surface area contributed by atoms with Crippen molar-refractivity contribution in [1.29, 1.82) is 0 Å². The molecule has 1 aromatic heterocycles. The zero-order chi connectivity index (χ0) is 18.0. The minimum absolute atomic E-state index is 0.0696. The highest BCUT2D eigenvalue weighted by molar-refractivity contribution is 6.31. The number of nitrogens with zero attached hydrogens (tertiary/aromatic N) is 2. The number of non-ortho nitro benzene ring substituents is 1. The number of rotatable bonds is 4. The number of nitro benzene ring substituents is 1. The maximum Gasteiger partial charge on any atom is 0.271 e. The standard InChI is InChI=1S/C17H12ClN3O4/c18-11-4-5-14-15(8-11)20(7-6-16(14)22)10-17(23)19-12-2-1-3-13(9-12)21(24)25/h1-9H,10H2,(H,19,23). The van der Waals surface area contributed by atoms with Crippen LogP contribution >= 0.6 is 11.6 Å². The summed E-state index contributed by atoms with van der Waals surface area (Å²) in [6, 6.07) is 11.9. The number of anilines is 1. The zero-order valence-corrected chi connectivity index (χ0v) is 13.6. The average Bonchev–Trinajstić information content (AvgIpc) is 2.57. The van der Waals surface area contributed by atoms with E-state index >= 15 is 0 Å². The van der Waals surface area contributed by atoms with Gasteiger partial charge in [-0.2, -0.15) is 0 Å². The fraction of sp³-hybridized carbons (Fsp3) is 0.0588. The number of hydrogen-bond donors (Lipinski definition) is 1. The summed E-state index contributed by atoms with van der Waals surface area (Å²) in [5, 5.41) is 14.3. The second-order valence-electron chi connectivity index (χ2n) is 5.32. The van der Waals surface area contributed by atoms with Crippen LogP contribution in [0.15, 0.2) is 59.5 Å². The molecule has 0 atom stereocenters. The van der Waals surface area contributed by atoms with Crippen LogP contribution in [0.1, 0.15) is 0 Å². The van der Waals surface area contributed by atoms with Crippen LogP contribution in [0.4, 0.5) is 11.4 Å². The number of aromatic nitrogens is 1. The molecule has 0 unspecified atom stereocenters. The molecule has 1 amide bonds. The lowest BCUT2D eigenvalue weighted by atomic mass is 10.2. The van der Waals surface area contributed by atoms with Crippen molar-refractivity contribution < 1.29 is 9.72 Å². The Kier molecular flexibility index (Phi) is 4.49. The lowest BCUT2D eigenvalue weighted by molar-refractivity contribution is -0.384. The van der Waals surface area contributed by atoms with Crippen molar-refractivity contribution in [2.24, 2.45) is 0 Å². The molecule has 7 nitrogen and oxygen atoms in total. The Balaban J connectivity index is 1.86. The second-order valence-corrected chi connectivity index (χ2v) is 5.76. The van der Waals surface area contributed by atoms with Crippen LogP contribution < -0.4 is 10.7 Å². The SMILES string of the molecule is O=C(Cn1ccc(=O)c2ccc(Cl)cc21)Nc1cccc([N+](=O)[O-])c1. The number of amides is 1. The maximum atomic E-state index is 12.3. The van der Waals surface area contributed by atoms with E-state index in [0.29, 0.717) is 21.6 Å². The summed E-state index contributed by atoms with van der Waals surface area (Å²) in [7, 11) is 0. The number of carbonyl (C=O) groups excluding carboxylic acids is 1. The van der Waals surface area contributed by atoms with Crippen molar-refractivity contribution in [3.8, 4) is 0 Å². The molecule has 0 saturated heterocycles. The molecule has 25 heavy (non-hydrogen) atoms. The van der Waals surface area contributed by atoms with E-state index in [4.69, 9.17) is 11.6 Å². The predicted octanol–water partition coefficient (Wildman–Crippen LogP) is 3.20. The molecule has 0 bridgehead atoms. The van der Waals surface area contributed by atoms with Crippen LogP contribution in [0.2, 0.25) is 5.02 Å². The Morgan fingerprint density at radius 1 is 1.20 bits per heavy atom. The van der Waals surface area contributed by atoms with Gasteiger partial charge in [0.15, 0.2) is 5.43 Å². The van der Waals surface area contributed by atoms with Gasteiger partial charge in [-0.1, -0.05) is 17.7 Å². The van der Waals surface area contributed by atoms with Gasteiger partial charge in [-0.25, -0.2) is 0 Å². The Morgan fingerprint density at radius 3 is 2.76 bits per heavy atom. The zero-order valence-electron chi connectivity index (χ0n) is 12.8. The summed E-state index contributed by atoms with van der Waals surface area (Å²) in [6.45, 7) is -0.0696. The fourth-order valence-electron chi connectivity index (χ4n) is 2.47. The van der Waals surface area contributed by atoms with E-state index in [9.17, 15) is 19.7 Å². The topological polar surface area (TPSA) is 94.2 Å². The molecule has 1 N–H and O–H groups in total. The van der Waals surface area contributed by atoms with Gasteiger partial charge in [0.2, 0.25) is 5.91 Å². The number of halogens is 1. The summed E-state index contributed by atoms with van der Waals surface area (Å²) in [4.78, 5) is 34.4. The number of fused-ring (bicyclic) bond motifs is 1. The van der Waals surface area contributed by atoms with Crippen LogP contribution in [-0.2, 0) is 11.3 Å². The van der Waals surface area contributed by atoms with Gasteiger partial charge in [0.25, 0.3) is 5.69 Å². The first-order valence-corrected chi connectivity index (χ1v) is 7.65. The van der Waals surface area contributed by atoms with Gasteiger partial charge in [-0.15, -0.1) is 0 Å². The highest BCUT2D eigenvalue weighted by Crippen LogP contribution is 2.18. The number of nitrogens with one attached hydrogen (secondary N) is 1. The molecule has 0 fully saturated rings. The van der Waals surface area contributed by atoms with Crippen molar-refractivity contribution in [3.63, 3.8) is 0 Å². The molecule has 0 radical (unpaired) electrons. The van der Waals surface area contributed by atoms with Crippen LogP contribution in [0.25, 0.3) is 10.9 Å². The Bertz CT molecular complexity index is 1050. The Hall–Kier alpha value is -3.19. The fourth-order valence-corrected chi connectivity index (χ4v) is 2.64. The first-order valence-electron chi connectivity index (χ1n) is 7.27. The van der Waals surface area contributed by atoms with E-state index < -0.39 is 4.92 Å². The van der Waals surface area contributed by atoms with Gasteiger partial charge in [0, 0.05) is 40.5 Å². The Morgan fingerprint density at radius 2 is 2.00 bits per heavy atom. The molecule has 0 aliphatic heterocycles. The van der Waals surface area contributed by atoms with Crippen molar-refractivity contribution in [2.75, 3.05) is 5.32 Å². The molecule has 0 spiro atoms. The van der Waals surface area contributed by atoms with E-state index in [1.165, 1.54) is 30.5 Å². The molecule has 8 heteroatoms. The maximum absolute atomic E-state index is 12.3. The van der Waals surface area contributed by atoms with Gasteiger partial charge < -0.3 is 9.88 Å². The second kappa shape index (κ2) is 6.74. The van der Waals surface area contributed by atoms with Gasteiger partial charge in [0.1, 0.15) is 6.54 Å². The third-order valence-corrected chi connectivity index (χ3v) is 3.83. The minimum Gasteiger partial charge on any atom is -0.338 e. The average molecular weight is 358 g/mol. The highest BCUT2D eigenvalue weighted by atomic mass is 35.5. The number of benzene rings is 2. The summed E-state index contributed by atoms with van der Waals surface area (Å²) >= 11 is 5.98. The van der Waals surface area contributed by atoms with Crippen molar-refractivity contribution in [3.05, 3.63) is 80.1 Å². The van der Waals surface area contributed by atoms with Gasteiger partial charge in [0.05, 0.1) is 10.4 Å². The van der Waals surface area contributed by atoms with Crippen molar-refractivity contribution in [2.45, 2.75) is 6.54 Å². The first kappa shape index (κ1) is 16.7. The third-order valence-electron chi connectivity index (χ3n) is 3.60. The normalized spacial score (nSPS) is 10.6. The van der Waals surface area contributed by atoms with E-state index in [1.807, 2.05) is 0 Å². The van der Waals surface area contributed by atoms with E-state index in [0.717, 1.165) is 0 Å². The quantitative estimate of drug-likeness (QED) is 0.573. The third kappa shape index (κ3) is 3.67. The molecular formula is C17H12ClN3O4. The van der Waals surface area contributed by atoms with E-state index in [2.05, 4.69) is 5.32 Å². The predicted molar refractivity (Wildman–Crippen MR) is 94.9 cm³/mol. The van der Waals surface area contributed by atoms with E-state index in [1.54, 1.807) is 28.8 Å². The summed E-state index contributed by atoms with van der Waals surface area (Å²) in [5.74, 6) is -0.384. The Labute approximate surface area is 146 Å². The largest absolute Gasteiger partial charge is 0.338 e. The molecular weight excluding hydrogens is 346 g/mol. The monoisotopic (exact) mass is 357 g/mol.